The van der Waals surface area contributed by atoms with Crippen molar-refractivity contribution < 1.29 is 23.8 Å². The Hall–Kier alpha value is -1.63. The minimum absolute atomic E-state index is 0.0137. The average Bonchev–Trinajstić information content (AvgIpc) is 2.39. The van der Waals surface area contributed by atoms with Crippen LogP contribution in [0.1, 0.15) is 26.7 Å². The summed E-state index contributed by atoms with van der Waals surface area (Å²) in [5, 5.41) is 11.2. The van der Waals surface area contributed by atoms with E-state index in [0.717, 1.165) is 0 Å². The summed E-state index contributed by atoms with van der Waals surface area (Å²) in [5.74, 6) is -1.31. The van der Waals surface area contributed by atoms with Gasteiger partial charge in [-0.15, -0.1) is 0 Å². The number of carboxylic acids is 1. The number of hydrogen-bond donors (Lipinski definition) is 2. The van der Waals surface area contributed by atoms with Gasteiger partial charge in [-0.05, 0) is 54.4 Å². The third-order valence-corrected chi connectivity index (χ3v) is 3.37. The molecule has 0 aliphatic heterocycles. The van der Waals surface area contributed by atoms with Gasteiger partial charge in [-0.3, -0.25) is 9.59 Å². The highest BCUT2D eigenvalue weighted by atomic mass is 79.9. The Morgan fingerprint density at radius 2 is 2.10 bits per heavy atom. The van der Waals surface area contributed by atoms with E-state index in [1.165, 1.54) is 18.2 Å². The lowest BCUT2D eigenvalue weighted by atomic mass is 10.2. The molecule has 2 N–H and O–H groups in total. The van der Waals surface area contributed by atoms with E-state index in [9.17, 15) is 14.0 Å². The molecule has 1 amide bonds. The van der Waals surface area contributed by atoms with Crippen molar-refractivity contribution in [3.05, 3.63) is 28.5 Å². The standard InChI is InChI=1S/C14H17BrFNO4/c1-8(3-6-13(18)19)17-14(20)9(2)21-12-5-4-10(16)7-11(12)15/h4-5,7-9H,3,6H2,1-2H3,(H,17,20)(H,18,19). The Morgan fingerprint density at radius 1 is 1.43 bits per heavy atom. The third kappa shape index (κ3) is 6.12. The first kappa shape index (κ1) is 17.4. The van der Waals surface area contributed by atoms with E-state index in [4.69, 9.17) is 9.84 Å². The first-order chi connectivity index (χ1) is 9.79. The average molecular weight is 362 g/mol. The molecular weight excluding hydrogens is 345 g/mol. The molecule has 2 atom stereocenters. The van der Waals surface area contributed by atoms with Gasteiger partial charge in [-0.1, -0.05) is 0 Å². The maximum Gasteiger partial charge on any atom is 0.303 e. The number of amides is 1. The number of carboxylic acid groups (broad SMARTS) is 1. The molecule has 0 aliphatic carbocycles. The molecule has 116 valence electrons. The van der Waals surface area contributed by atoms with E-state index >= 15 is 0 Å². The number of halogens is 2. The number of carbonyl (C=O) groups is 2. The predicted molar refractivity (Wildman–Crippen MR) is 78.7 cm³/mol. The summed E-state index contributed by atoms with van der Waals surface area (Å²) in [7, 11) is 0. The molecule has 1 aromatic carbocycles. The van der Waals surface area contributed by atoms with E-state index in [1.54, 1.807) is 13.8 Å². The molecule has 0 saturated carbocycles. The van der Waals surface area contributed by atoms with Crippen molar-refractivity contribution in [1.82, 2.24) is 5.32 Å². The Kier molecular flexibility index (Phi) is 6.61. The third-order valence-electron chi connectivity index (χ3n) is 2.75. The van der Waals surface area contributed by atoms with Crippen LogP contribution >= 0.6 is 15.9 Å². The molecule has 0 spiro atoms. The molecule has 1 aromatic rings. The van der Waals surface area contributed by atoms with E-state index in [0.29, 0.717) is 16.6 Å². The largest absolute Gasteiger partial charge is 0.481 e. The molecule has 0 bridgehead atoms. The van der Waals surface area contributed by atoms with Gasteiger partial charge in [0.1, 0.15) is 11.6 Å². The topological polar surface area (TPSA) is 75.6 Å². The van der Waals surface area contributed by atoms with Gasteiger partial charge >= 0.3 is 5.97 Å². The van der Waals surface area contributed by atoms with Crippen LogP contribution in [-0.4, -0.2) is 29.1 Å². The van der Waals surface area contributed by atoms with Crippen LogP contribution in [0.2, 0.25) is 0 Å². The fourth-order valence-electron chi connectivity index (χ4n) is 1.59. The molecule has 0 radical (unpaired) electrons. The fraction of sp³-hybridized carbons (Fsp3) is 0.429. The lowest BCUT2D eigenvalue weighted by molar-refractivity contribution is -0.137. The Balaban J connectivity index is 2.52. The molecule has 0 saturated heterocycles. The van der Waals surface area contributed by atoms with Crippen LogP contribution < -0.4 is 10.1 Å². The van der Waals surface area contributed by atoms with Crippen LogP contribution in [0.3, 0.4) is 0 Å². The summed E-state index contributed by atoms with van der Waals surface area (Å²) in [6, 6.07) is 3.64. The van der Waals surface area contributed by atoms with Crippen molar-refractivity contribution in [1.29, 1.82) is 0 Å². The molecular formula is C14H17BrFNO4. The molecule has 5 nitrogen and oxygen atoms in total. The van der Waals surface area contributed by atoms with E-state index in [2.05, 4.69) is 21.2 Å². The number of benzene rings is 1. The zero-order valence-electron chi connectivity index (χ0n) is 11.7. The maximum absolute atomic E-state index is 13.0. The minimum atomic E-state index is -0.907. The van der Waals surface area contributed by atoms with Gasteiger partial charge in [-0.2, -0.15) is 0 Å². The second-order valence-corrected chi connectivity index (χ2v) is 5.53. The molecule has 2 unspecified atom stereocenters. The lowest BCUT2D eigenvalue weighted by Crippen LogP contribution is -2.41. The van der Waals surface area contributed by atoms with Crippen LogP contribution in [0.4, 0.5) is 4.39 Å². The van der Waals surface area contributed by atoms with Gasteiger partial charge in [0.05, 0.1) is 4.47 Å². The van der Waals surface area contributed by atoms with Gasteiger partial charge < -0.3 is 15.2 Å². The number of rotatable bonds is 7. The van der Waals surface area contributed by atoms with Crippen LogP contribution in [0.15, 0.2) is 22.7 Å². The Labute approximate surface area is 130 Å². The molecule has 21 heavy (non-hydrogen) atoms. The zero-order valence-corrected chi connectivity index (χ0v) is 13.3. The van der Waals surface area contributed by atoms with Gasteiger partial charge in [0.15, 0.2) is 6.10 Å². The van der Waals surface area contributed by atoms with Crippen LogP contribution in [-0.2, 0) is 9.59 Å². The summed E-state index contributed by atoms with van der Waals surface area (Å²) < 4.78 is 18.8. The second-order valence-electron chi connectivity index (χ2n) is 4.68. The highest BCUT2D eigenvalue weighted by Crippen LogP contribution is 2.26. The molecule has 7 heteroatoms. The predicted octanol–water partition coefficient (Wildman–Crippen LogP) is 2.73. The summed E-state index contributed by atoms with van der Waals surface area (Å²) >= 11 is 3.15. The quantitative estimate of drug-likeness (QED) is 0.782. The summed E-state index contributed by atoms with van der Waals surface area (Å²) in [5.41, 5.74) is 0. The lowest BCUT2D eigenvalue weighted by Gasteiger charge is -2.19. The van der Waals surface area contributed by atoms with Crippen molar-refractivity contribution in [2.45, 2.75) is 38.8 Å². The van der Waals surface area contributed by atoms with Crippen molar-refractivity contribution >= 4 is 27.8 Å². The number of aliphatic carboxylic acids is 1. The highest BCUT2D eigenvalue weighted by Gasteiger charge is 2.18. The summed E-state index contributed by atoms with van der Waals surface area (Å²) in [4.78, 5) is 22.4. The van der Waals surface area contributed by atoms with Crippen molar-refractivity contribution in [3.8, 4) is 5.75 Å². The van der Waals surface area contributed by atoms with Crippen LogP contribution in [0.5, 0.6) is 5.75 Å². The molecule has 0 fully saturated rings. The van der Waals surface area contributed by atoms with Crippen molar-refractivity contribution in [2.75, 3.05) is 0 Å². The Morgan fingerprint density at radius 3 is 2.67 bits per heavy atom. The van der Waals surface area contributed by atoms with E-state index in [-0.39, 0.29) is 18.4 Å². The Bertz CT molecular complexity index is 524. The monoisotopic (exact) mass is 361 g/mol. The first-order valence-electron chi connectivity index (χ1n) is 6.43. The van der Waals surface area contributed by atoms with Gasteiger partial charge in [0, 0.05) is 12.5 Å². The normalized spacial score (nSPS) is 13.3. The molecule has 0 heterocycles. The smallest absolute Gasteiger partial charge is 0.303 e. The number of hydrogen-bond acceptors (Lipinski definition) is 3. The maximum atomic E-state index is 13.0. The number of carbonyl (C=O) groups excluding carboxylic acids is 1. The van der Waals surface area contributed by atoms with E-state index < -0.39 is 17.9 Å². The minimum Gasteiger partial charge on any atom is -0.481 e. The second kappa shape index (κ2) is 7.97. The van der Waals surface area contributed by atoms with Gasteiger partial charge in [0.25, 0.3) is 5.91 Å². The number of ether oxygens (including phenoxy) is 1. The van der Waals surface area contributed by atoms with Crippen LogP contribution in [0, 0.1) is 5.82 Å². The summed E-state index contributed by atoms with van der Waals surface area (Å²) in [6.07, 6.45) is -0.451. The highest BCUT2D eigenvalue weighted by molar-refractivity contribution is 9.10. The zero-order chi connectivity index (χ0) is 16.0. The molecule has 0 aromatic heterocycles. The van der Waals surface area contributed by atoms with E-state index in [1.807, 2.05) is 0 Å². The van der Waals surface area contributed by atoms with Gasteiger partial charge in [-0.25, -0.2) is 4.39 Å². The van der Waals surface area contributed by atoms with Crippen molar-refractivity contribution in [3.63, 3.8) is 0 Å². The SMILES string of the molecule is CC(CCC(=O)O)NC(=O)C(C)Oc1ccc(F)cc1Br. The van der Waals surface area contributed by atoms with Crippen molar-refractivity contribution in [2.24, 2.45) is 0 Å². The number of nitrogens with one attached hydrogen (secondary N) is 1. The fourth-order valence-corrected chi connectivity index (χ4v) is 2.03. The molecule has 0 aliphatic rings. The van der Waals surface area contributed by atoms with Gasteiger partial charge in [0.2, 0.25) is 0 Å². The summed E-state index contributed by atoms with van der Waals surface area (Å²) in [6.45, 7) is 3.29. The van der Waals surface area contributed by atoms with Crippen LogP contribution in [0.25, 0.3) is 0 Å². The molecule has 1 rings (SSSR count). The first-order valence-corrected chi connectivity index (χ1v) is 7.22.